The van der Waals surface area contributed by atoms with Gasteiger partial charge in [-0.05, 0) is 12.5 Å². The maximum absolute atomic E-state index is 10.6. The molecule has 0 radical (unpaired) electrons. The summed E-state index contributed by atoms with van der Waals surface area (Å²) in [7, 11) is 0. The normalized spacial score (nSPS) is 34.1. The highest BCUT2D eigenvalue weighted by Crippen LogP contribution is 2.28. The van der Waals surface area contributed by atoms with Gasteiger partial charge in [-0.1, -0.05) is 13.5 Å². The van der Waals surface area contributed by atoms with Crippen LogP contribution in [0.2, 0.25) is 0 Å². The zero-order valence-corrected chi connectivity index (χ0v) is 9.43. The van der Waals surface area contributed by atoms with Gasteiger partial charge in [0.25, 0.3) is 0 Å². The van der Waals surface area contributed by atoms with E-state index < -0.39 is 18.2 Å². The lowest BCUT2D eigenvalue weighted by molar-refractivity contribution is -0.155. The molecule has 4 heteroatoms. The van der Waals surface area contributed by atoms with E-state index in [1.165, 1.54) is 0 Å². The van der Waals surface area contributed by atoms with Crippen LogP contribution < -0.4 is 0 Å². The minimum absolute atomic E-state index is 0.0630. The molecule has 1 aliphatic rings. The van der Waals surface area contributed by atoms with Crippen LogP contribution in [0.25, 0.3) is 0 Å². The second kappa shape index (κ2) is 5.85. The van der Waals surface area contributed by atoms with Crippen LogP contribution in [0, 0.1) is 5.92 Å². The predicted octanol–water partition coefficient (Wildman–Crippen LogP) is 1.35. The van der Waals surface area contributed by atoms with Crippen LogP contribution in [0.1, 0.15) is 26.2 Å². The Morgan fingerprint density at radius 1 is 1.69 bits per heavy atom. The summed E-state index contributed by atoms with van der Waals surface area (Å²) in [6.07, 6.45) is 1.78. The van der Waals surface area contributed by atoms with Crippen molar-refractivity contribution < 1.29 is 19.7 Å². The fourth-order valence-corrected chi connectivity index (χ4v) is 1.93. The van der Waals surface area contributed by atoms with E-state index in [0.717, 1.165) is 0 Å². The van der Waals surface area contributed by atoms with Crippen LogP contribution in [0.4, 0.5) is 0 Å². The lowest BCUT2D eigenvalue weighted by Crippen LogP contribution is -2.43. The fraction of sp³-hybridized carbons (Fsp3) is 0.667. The number of aliphatic hydroxyl groups excluding tert-OH is 1. The number of hydrogen-bond donors (Lipinski definition) is 2. The maximum Gasteiger partial charge on any atom is 0.305 e. The Bertz CT molecular complexity index is 293. The molecule has 0 aliphatic carbocycles. The monoisotopic (exact) mass is 226 g/mol. The highest BCUT2D eigenvalue weighted by Gasteiger charge is 2.35. The first-order valence-corrected chi connectivity index (χ1v) is 5.44. The van der Waals surface area contributed by atoms with Crippen molar-refractivity contribution in [2.75, 3.05) is 0 Å². The molecule has 4 atom stereocenters. The molecule has 0 aromatic rings. The maximum atomic E-state index is 10.6. The molecule has 0 amide bonds. The standard InChI is InChI=1S/C12H18O4/c1-3-4-5-9-6-10(13)8(2)11(16-9)7-12(14)15/h4,8-11,13H,1,5-7H2,2H3,(H,14,15)/t8-,9-,10+,11+/m1/s1. The molecule has 1 heterocycles. The third-order valence-corrected chi connectivity index (χ3v) is 2.97. The van der Waals surface area contributed by atoms with E-state index in [2.05, 4.69) is 12.3 Å². The number of aliphatic hydroxyl groups is 1. The SMILES string of the molecule is C=C=CC[C@@H]1C[C@H](O)[C@@H](C)[C@H](CC(=O)O)O1. The van der Waals surface area contributed by atoms with Gasteiger partial charge in [-0.25, -0.2) is 0 Å². The molecule has 1 aliphatic heterocycles. The van der Waals surface area contributed by atoms with Gasteiger partial charge in [0.15, 0.2) is 0 Å². The predicted molar refractivity (Wildman–Crippen MR) is 59.0 cm³/mol. The average molecular weight is 226 g/mol. The Hall–Kier alpha value is -1.09. The summed E-state index contributed by atoms with van der Waals surface area (Å²) in [5, 5.41) is 18.5. The number of aliphatic carboxylic acids is 1. The minimum atomic E-state index is -0.899. The third kappa shape index (κ3) is 3.49. The van der Waals surface area contributed by atoms with E-state index in [9.17, 15) is 9.90 Å². The smallest absolute Gasteiger partial charge is 0.305 e. The molecule has 1 rings (SSSR count). The second-order valence-electron chi connectivity index (χ2n) is 4.20. The molecule has 90 valence electrons. The number of ether oxygens (including phenoxy) is 1. The van der Waals surface area contributed by atoms with Crippen molar-refractivity contribution in [3.63, 3.8) is 0 Å². The quantitative estimate of drug-likeness (QED) is 0.710. The number of hydrogen-bond acceptors (Lipinski definition) is 3. The van der Waals surface area contributed by atoms with Gasteiger partial charge in [0.1, 0.15) is 0 Å². The van der Waals surface area contributed by atoms with Crippen molar-refractivity contribution in [2.45, 2.75) is 44.5 Å². The van der Waals surface area contributed by atoms with Crippen molar-refractivity contribution in [1.29, 1.82) is 0 Å². The summed E-state index contributed by atoms with van der Waals surface area (Å²) in [4.78, 5) is 10.6. The van der Waals surface area contributed by atoms with Gasteiger partial charge in [0.05, 0.1) is 24.7 Å². The Balaban J connectivity index is 2.60. The minimum Gasteiger partial charge on any atom is -0.481 e. The van der Waals surface area contributed by atoms with Crippen molar-refractivity contribution >= 4 is 5.97 Å². The molecule has 0 spiro atoms. The van der Waals surface area contributed by atoms with E-state index in [4.69, 9.17) is 9.84 Å². The summed E-state index contributed by atoms with van der Waals surface area (Å²) in [5.41, 5.74) is 2.64. The third-order valence-electron chi connectivity index (χ3n) is 2.97. The van der Waals surface area contributed by atoms with Crippen molar-refractivity contribution in [3.05, 3.63) is 18.4 Å². The molecule has 4 nitrogen and oxygen atoms in total. The largest absolute Gasteiger partial charge is 0.481 e. The zero-order chi connectivity index (χ0) is 12.1. The van der Waals surface area contributed by atoms with Gasteiger partial charge >= 0.3 is 5.97 Å². The van der Waals surface area contributed by atoms with E-state index in [1.807, 2.05) is 6.92 Å². The van der Waals surface area contributed by atoms with E-state index in [1.54, 1.807) is 6.08 Å². The molecule has 1 fully saturated rings. The van der Waals surface area contributed by atoms with Crippen molar-refractivity contribution in [3.8, 4) is 0 Å². The van der Waals surface area contributed by atoms with Crippen LogP contribution in [0.5, 0.6) is 0 Å². The fourth-order valence-electron chi connectivity index (χ4n) is 1.93. The molecular weight excluding hydrogens is 208 g/mol. The second-order valence-corrected chi connectivity index (χ2v) is 4.20. The van der Waals surface area contributed by atoms with Crippen molar-refractivity contribution in [2.24, 2.45) is 5.92 Å². The lowest BCUT2D eigenvalue weighted by atomic mass is 9.88. The van der Waals surface area contributed by atoms with Crippen molar-refractivity contribution in [1.82, 2.24) is 0 Å². The van der Waals surface area contributed by atoms with Gasteiger partial charge in [-0.2, -0.15) is 0 Å². The first kappa shape index (κ1) is 13.0. The summed E-state index contributed by atoms with van der Waals surface area (Å²) < 4.78 is 5.64. The van der Waals surface area contributed by atoms with Gasteiger partial charge in [-0.3, -0.25) is 4.79 Å². The van der Waals surface area contributed by atoms with E-state index >= 15 is 0 Å². The Labute approximate surface area is 95.2 Å². The highest BCUT2D eigenvalue weighted by molar-refractivity contribution is 5.67. The Morgan fingerprint density at radius 3 is 2.94 bits per heavy atom. The van der Waals surface area contributed by atoms with Gasteiger partial charge in [0, 0.05) is 12.3 Å². The Kier molecular flexibility index (Phi) is 4.74. The van der Waals surface area contributed by atoms with Crippen LogP contribution in [-0.2, 0) is 9.53 Å². The summed E-state index contributed by atoms with van der Waals surface area (Å²) in [5.74, 6) is -1.04. The van der Waals surface area contributed by atoms with Crippen LogP contribution in [0.3, 0.4) is 0 Å². The number of carbonyl (C=O) groups is 1. The Morgan fingerprint density at radius 2 is 2.38 bits per heavy atom. The molecule has 0 aromatic heterocycles. The number of rotatable bonds is 4. The highest BCUT2D eigenvalue weighted by atomic mass is 16.5. The van der Waals surface area contributed by atoms with Crippen LogP contribution >= 0.6 is 0 Å². The lowest BCUT2D eigenvalue weighted by Gasteiger charge is -2.37. The average Bonchev–Trinajstić information content (AvgIpc) is 2.21. The number of carboxylic acid groups (broad SMARTS) is 1. The van der Waals surface area contributed by atoms with Gasteiger partial charge < -0.3 is 14.9 Å². The van der Waals surface area contributed by atoms with E-state index in [-0.39, 0.29) is 18.4 Å². The molecule has 16 heavy (non-hydrogen) atoms. The summed E-state index contributed by atoms with van der Waals surface area (Å²) >= 11 is 0. The summed E-state index contributed by atoms with van der Waals surface area (Å²) in [6.45, 7) is 5.27. The topological polar surface area (TPSA) is 66.8 Å². The molecule has 0 bridgehead atoms. The molecular formula is C12H18O4. The molecule has 2 N–H and O–H groups in total. The van der Waals surface area contributed by atoms with Gasteiger partial charge in [-0.15, -0.1) is 5.73 Å². The van der Waals surface area contributed by atoms with Gasteiger partial charge in [0.2, 0.25) is 0 Å². The van der Waals surface area contributed by atoms with Crippen LogP contribution in [-0.4, -0.2) is 34.5 Å². The first-order valence-electron chi connectivity index (χ1n) is 5.44. The first-order chi connectivity index (χ1) is 7.54. The van der Waals surface area contributed by atoms with E-state index in [0.29, 0.717) is 12.8 Å². The number of carboxylic acids is 1. The zero-order valence-electron chi connectivity index (χ0n) is 9.43. The molecule has 0 aromatic carbocycles. The molecule has 1 saturated heterocycles. The summed E-state index contributed by atoms with van der Waals surface area (Å²) in [6, 6.07) is 0. The van der Waals surface area contributed by atoms with Crippen LogP contribution in [0.15, 0.2) is 18.4 Å². The molecule has 0 unspecified atom stereocenters. The molecule has 0 saturated carbocycles.